The van der Waals surface area contributed by atoms with Gasteiger partial charge in [0.2, 0.25) is 5.91 Å². The molecule has 3 atom stereocenters. The second-order valence-electron chi connectivity index (χ2n) is 10.3. The highest BCUT2D eigenvalue weighted by molar-refractivity contribution is 5.99. The van der Waals surface area contributed by atoms with Gasteiger partial charge in [-0.2, -0.15) is 0 Å². The predicted octanol–water partition coefficient (Wildman–Crippen LogP) is 3.69. The van der Waals surface area contributed by atoms with Crippen molar-refractivity contribution in [2.24, 2.45) is 5.92 Å². The number of rotatable bonds is 7. The smallest absolute Gasteiger partial charge is 0.319 e. The number of ether oxygens (including phenoxy) is 2. The van der Waals surface area contributed by atoms with E-state index in [1.807, 2.05) is 6.92 Å². The molecule has 0 aromatic heterocycles. The summed E-state index contributed by atoms with van der Waals surface area (Å²) in [5.74, 6) is 0.915. The number of hydrogen-bond acceptors (Lipinski definition) is 5. The molecule has 3 N–H and O–H groups in total. The number of carbonyl (C=O) groups excluding carboxylic acids is 3. The summed E-state index contributed by atoms with van der Waals surface area (Å²) in [4.78, 5) is 39.7. The van der Waals surface area contributed by atoms with Crippen LogP contribution in [0.5, 0.6) is 5.75 Å². The maximum atomic E-state index is 13.3. The lowest BCUT2D eigenvalue weighted by Gasteiger charge is -2.42. The minimum absolute atomic E-state index is 0.0357. The van der Waals surface area contributed by atoms with Crippen molar-refractivity contribution in [3.63, 3.8) is 0 Å². The zero-order valence-electron chi connectivity index (χ0n) is 21.5. The number of benzene rings is 1. The molecule has 1 saturated carbocycles. The van der Waals surface area contributed by atoms with Crippen LogP contribution < -0.4 is 20.7 Å². The van der Waals surface area contributed by atoms with Crippen molar-refractivity contribution < 1.29 is 23.9 Å². The van der Waals surface area contributed by atoms with Crippen LogP contribution in [-0.4, -0.2) is 67.7 Å². The van der Waals surface area contributed by atoms with Gasteiger partial charge in [0.15, 0.2) is 0 Å². The van der Waals surface area contributed by atoms with Crippen LogP contribution in [-0.2, 0) is 9.53 Å². The van der Waals surface area contributed by atoms with Crippen molar-refractivity contribution in [3.8, 4) is 5.75 Å². The molecule has 4 amide bonds. The van der Waals surface area contributed by atoms with E-state index >= 15 is 0 Å². The SMILES string of the molecule is CCCNC(=O)Nc1ccc2c(c1)C(=O)N(C)[C@H]1CC[C@H](CC(=O)NCC3CCCCC3)O[C@H]1CO2. The maximum Gasteiger partial charge on any atom is 0.319 e. The van der Waals surface area contributed by atoms with E-state index in [0.717, 1.165) is 19.4 Å². The van der Waals surface area contributed by atoms with Crippen LogP contribution in [0, 0.1) is 5.92 Å². The van der Waals surface area contributed by atoms with Gasteiger partial charge in [0.1, 0.15) is 18.5 Å². The highest BCUT2D eigenvalue weighted by atomic mass is 16.5. The molecule has 0 unspecified atom stereocenters. The summed E-state index contributed by atoms with van der Waals surface area (Å²) >= 11 is 0. The molecule has 1 saturated heterocycles. The van der Waals surface area contributed by atoms with Crippen molar-refractivity contribution in [2.45, 2.75) is 83.0 Å². The molecule has 3 aliphatic rings. The molecule has 1 aliphatic carbocycles. The number of anilines is 1. The van der Waals surface area contributed by atoms with Gasteiger partial charge < -0.3 is 30.3 Å². The highest BCUT2D eigenvalue weighted by Crippen LogP contribution is 2.32. The van der Waals surface area contributed by atoms with Crippen LogP contribution in [0.25, 0.3) is 0 Å². The van der Waals surface area contributed by atoms with Crippen molar-refractivity contribution in [2.75, 3.05) is 32.1 Å². The fourth-order valence-corrected chi connectivity index (χ4v) is 5.45. The lowest BCUT2D eigenvalue weighted by molar-refractivity contribution is -0.134. The van der Waals surface area contributed by atoms with Gasteiger partial charge in [0, 0.05) is 25.8 Å². The van der Waals surface area contributed by atoms with Gasteiger partial charge in [-0.15, -0.1) is 0 Å². The fourth-order valence-electron chi connectivity index (χ4n) is 5.45. The third kappa shape index (κ3) is 6.69. The first-order valence-electron chi connectivity index (χ1n) is 13.5. The highest BCUT2D eigenvalue weighted by Gasteiger charge is 2.39. The van der Waals surface area contributed by atoms with E-state index in [-0.39, 0.29) is 36.1 Å². The molecule has 2 fully saturated rings. The molecule has 198 valence electrons. The normalized spacial score (nSPS) is 24.4. The second-order valence-corrected chi connectivity index (χ2v) is 10.3. The average molecular weight is 501 g/mol. The average Bonchev–Trinajstić information content (AvgIpc) is 2.89. The number of nitrogens with one attached hydrogen (secondary N) is 3. The Morgan fingerprint density at radius 1 is 1.08 bits per heavy atom. The number of carbonyl (C=O) groups is 3. The molecule has 9 heteroatoms. The summed E-state index contributed by atoms with van der Waals surface area (Å²) in [5.41, 5.74) is 0.942. The number of likely N-dealkylation sites (N-methyl/N-ethyl adjacent to an activating group) is 1. The zero-order chi connectivity index (χ0) is 25.5. The summed E-state index contributed by atoms with van der Waals surface area (Å²) in [5, 5.41) is 8.64. The summed E-state index contributed by atoms with van der Waals surface area (Å²) in [6, 6.07) is 4.63. The molecule has 9 nitrogen and oxygen atoms in total. The van der Waals surface area contributed by atoms with Crippen LogP contribution in [0.1, 0.15) is 75.1 Å². The molecular weight excluding hydrogens is 460 g/mol. The van der Waals surface area contributed by atoms with Gasteiger partial charge in [0.05, 0.1) is 24.1 Å². The molecule has 1 aromatic carbocycles. The summed E-state index contributed by atoms with van der Waals surface area (Å²) in [6.45, 7) is 3.60. The van der Waals surface area contributed by atoms with E-state index < -0.39 is 0 Å². The van der Waals surface area contributed by atoms with E-state index in [1.165, 1.54) is 32.1 Å². The second kappa shape index (κ2) is 12.4. The minimum Gasteiger partial charge on any atom is -0.490 e. The third-order valence-corrected chi connectivity index (χ3v) is 7.53. The Balaban J connectivity index is 1.34. The Labute approximate surface area is 213 Å². The quantitative estimate of drug-likeness (QED) is 0.529. The Hall–Kier alpha value is -2.81. The van der Waals surface area contributed by atoms with Crippen molar-refractivity contribution in [1.82, 2.24) is 15.5 Å². The van der Waals surface area contributed by atoms with Crippen molar-refractivity contribution in [3.05, 3.63) is 23.8 Å². The Bertz CT molecular complexity index is 933. The first-order chi connectivity index (χ1) is 17.4. The van der Waals surface area contributed by atoms with E-state index in [9.17, 15) is 14.4 Å². The summed E-state index contributed by atoms with van der Waals surface area (Å²) in [6.07, 6.45) is 8.36. The first kappa shape index (κ1) is 26.3. The van der Waals surface area contributed by atoms with Gasteiger partial charge in [0.25, 0.3) is 5.91 Å². The van der Waals surface area contributed by atoms with E-state index in [2.05, 4.69) is 16.0 Å². The number of hydrogen-bond donors (Lipinski definition) is 3. The molecule has 2 aliphatic heterocycles. The summed E-state index contributed by atoms with van der Waals surface area (Å²) in [7, 11) is 1.78. The summed E-state index contributed by atoms with van der Waals surface area (Å²) < 4.78 is 12.3. The molecule has 0 spiro atoms. The van der Waals surface area contributed by atoms with Crippen molar-refractivity contribution >= 4 is 23.5 Å². The van der Waals surface area contributed by atoms with E-state index in [1.54, 1.807) is 30.1 Å². The molecule has 2 heterocycles. The Morgan fingerprint density at radius 2 is 1.89 bits per heavy atom. The fraction of sp³-hybridized carbons (Fsp3) is 0.667. The Morgan fingerprint density at radius 3 is 2.67 bits per heavy atom. The van der Waals surface area contributed by atoms with Crippen LogP contribution in [0.4, 0.5) is 10.5 Å². The molecular formula is C27H40N4O5. The van der Waals surface area contributed by atoms with Gasteiger partial charge in [-0.1, -0.05) is 26.2 Å². The van der Waals surface area contributed by atoms with Crippen LogP contribution in [0.3, 0.4) is 0 Å². The molecule has 0 bridgehead atoms. The van der Waals surface area contributed by atoms with E-state index in [4.69, 9.17) is 9.47 Å². The zero-order valence-corrected chi connectivity index (χ0v) is 21.5. The molecule has 1 aromatic rings. The number of urea groups is 1. The lowest BCUT2D eigenvalue weighted by Crippen LogP contribution is -2.54. The predicted molar refractivity (Wildman–Crippen MR) is 137 cm³/mol. The van der Waals surface area contributed by atoms with Crippen molar-refractivity contribution in [1.29, 1.82) is 0 Å². The maximum absolute atomic E-state index is 13.3. The van der Waals surface area contributed by atoms with Crippen LogP contribution >= 0.6 is 0 Å². The lowest BCUT2D eigenvalue weighted by atomic mass is 9.89. The monoisotopic (exact) mass is 500 g/mol. The van der Waals surface area contributed by atoms with Gasteiger partial charge in [-0.3, -0.25) is 9.59 Å². The largest absolute Gasteiger partial charge is 0.490 e. The minimum atomic E-state index is -0.311. The van der Waals surface area contributed by atoms with E-state index in [0.29, 0.717) is 48.9 Å². The van der Waals surface area contributed by atoms with Crippen LogP contribution in [0.2, 0.25) is 0 Å². The third-order valence-electron chi connectivity index (χ3n) is 7.53. The first-order valence-corrected chi connectivity index (χ1v) is 13.5. The van der Waals surface area contributed by atoms with Gasteiger partial charge in [-0.05, 0) is 56.2 Å². The van der Waals surface area contributed by atoms with Gasteiger partial charge in [-0.25, -0.2) is 4.79 Å². The number of amides is 4. The number of nitrogens with zero attached hydrogens (tertiary/aromatic N) is 1. The van der Waals surface area contributed by atoms with Gasteiger partial charge >= 0.3 is 6.03 Å². The molecule has 4 rings (SSSR count). The topological polar surface area (TPSA) is 109 Å². The number of fused-ring (bicyclic) bond motifs is 2. The molecule has 0 radical (unpaired) electrons. The van der Waals surface area contributed by atoms with Crippen LogP contribution in [0.15, 0.2) is 18.2 Å². The molecule has 36 heavy (non-hydrogen) atoms. The Kier molecular flexibility index (Phi) is 9.07. The standard InChI is InChI=1S/C27H40N4O5/c1-3-13-28-27(34)30-19-9-12-23-21(14-19)26(33)31(2)22-11-10-20(36-24(22)17-35-23)15-25(32)29-16-18-7-5-4-6-8-18/h9,12,14,18,20,22,24H,3-8,10-11,13,15-17H2,1-2H3,(H,29,32)(H2,28,30,34)/t20-,22+,24+/m1/s1.